The minimum absolute atomic E-state index is 0.0272. The number of benzene rings is 3. The number of phenolic OH excluding ortho intramolecular Hbond substituents is 1. The fourth-order valence-electron chi connectivity index (χ4n) is 5.32. The Morgan fingerprint density at radius 1 is 1.00 bits per heavy atom. The van der Waals surface area contributed by atoms with Crippen LogP contribution in [0, 0.1) is 10.2 Å². The van der Waals surface area contributed by atoms with Crippen molar-refractivity contribution in [1.82, 2.24) is 0 Å². The number of nitrogens with zero attached hydrogens (tertiary/aromatic N) is 1. The predicted molar refractivity (Wildman–Crippen MR) is 163 cm³/mol. The normalized spacial score (nSPS) is 19.5. The third-order valence-corrected chi connectivity index (χ3v) is 10.4. The van der Waals surface area contributed by atoms with E-state index in [2.05, 4.69) is 10.3 Å². The minimum atomic E-state index is -4.06. The van der Waals surface area contributed by atoms with Gasteiger partial charge in [-0.25, -0.2) is 0 Å². The molecule has 3 aromatic carbocycles. The van der Waals surface area contributed by atoms with Crippen LogP contribution in [0.5, 0.6) is 11.5 Å². The van der Waals surface area contributed by atoms with Crippen LogP contribution in [-0.2, 0) is 19.6 Å². The van der Waals surface area contributed by atoms with Crippen molar-refractivity contribution in [1.29, 1.82) is 5.26 Å². The molecule has 0 aromatic heterocycles. The summed E-state index contributed by atoms with van der Waals surface area (Å²) in [5.41, 5.74) is 3.85. The van der Waals surface area contributed by atoms with E-state index < -0.39 is 27.6 Å². The number of ether oxygens (including phenoxy) is 1. The monoisotopic (exact) mass is 672 g/mol. The van der Waals surface area contributed by atoms with Gasteiger partial charge in [-0.3, -0.25) is 0 Å². The summed E-state index contributed by atoms with van der Waals surface area (Å²) in [7, 11) is -4.06. The van der Waals surface area contributed by atoms with Crippen LogP contribution < -0.4 is 9.50 Å². The summed E-state index contributed by atoms with van der Waals surface area (Å²) >= 11 is 5.96. The van der Waals surface area contributed by atoms with E-state index in [1.165, 1.54) is 12.1 Å². The number of aromatic hydroxyl groups is 1. The van der Waals surface area contributed by atoms with Crippen molar-refractivity contribution < 1.29 is 27.2 Å². The van der Waals surface area contributed by atoms with Gasteiger partial charge in [0.2, 0.25) is 0 Å². The summed E-state index contributed by atoms with van der Waals surface area (Å²) in [5.74, 6) is 0.228. The SMILES string of the molecule is N#C[Se]CCCCCC(=O)Nc1ccc(C2=C(c3ccc(O)cc3)C3CC(S(=O)(=O)Oc4ccc(Cl)cc4)C2O3)cc1. The van der Waals surface area contributed by atoms with Gasteiger partial charge < -0.3 is 14.0 Å². The second kappa shape index (κ2) is 13.3. The molecule has 2 N–H and O–H groups in total. The zero-order chi connectivity index (χ0) is 29.7. The molecule has 0 saturated carbocycles. The Bertz CT molecular complexity index is 1600. The number of anilines is 1. The first-order valence-corrected chi connectivity index (χ1v) is 17.5. The van der Waals surface area contributed by atoms with Crippen molar-refractivity contribution >= 4 is 59.4 Å². The number of carbonyl (C=O) groups is 1. The molecule has 0 radical (unpaired) electrons. The standard InChI is InChI=1S/C31H29ClN2O6SSe/c32-22-9-15-25(16-10-22)40-41(37,38)27-18-26-29(20-7-13-24(35)14-8-20)30(31(27)39-26)21-5-11-23(12-6-21)34-28(36)4-2-1-3-17-42-19-33/h5-16,26-27,31,35H,1-4,17-18H2,(H,34,36). The van der Waals surface area contributed by atoms with Crippen molar-refractivity contribution in [3.63, 3.8) is 0 Å². The number of halogens is 1. The van der Waals surface area contributed by atoms with Crippen molar-refractivity contribution in [2.24, 2.45) is 0 Å². The Balaban J connectivity index is 1.36. The van der Waals surface area contributed by atoms with Gasteiger partial charge in [-0.1, -0.05) is 23.7 Å². The fraction of sp³-hybridized carbons (Fsp3) is 0.290. The van der Waals surface area contributed by atoms with Gasteiger partial charge in [-0.2, -0.15) is 8.42 Å². The third-order valence-electron chi connectivity index (χ3n) is 7.26. The summed E-state index contributed by atoms with van der Waals surface area (Å²) in [6.45, 7) is 0. The van der Waals surface area contributed by atoms with Gasteiger partial charge in [0, 0.05) is 11.4 Å². The number of phenols is 1. The van der Waals surface area contributed by atoms with Crippen LogP contribution in [-0.4, -0.2) is 51.8 Å². The molecule has 1 saturated heterocycles. The summed E-state index contributed by atoms with van der Waals surface area (Å²) in [6, 6.07) is 20.2. The molecule has 3 unspecified atom stereocenters. The molecule has 3 aromatic rings. The number of nitriles is 1. The number of hydrogen-bond donors (Lipinski definition) is 2. The first-order valence-electron chi connectivity index (χ1n) is 13.5. The van der Waals surface area contributed by atoms with Crippen LogP contribution in [0.25, 0.3) is 11.1 Å². The molecule has 218 valence electrons. The van der Waals surface area contributed by atoms with E-state index >= 15 is 0 Å². The van der Waals surface area contributed by atoms with E-state index in [-0.39, 0.29) is 38.8 Å². The molecule has 5 rings (SSSR count). The molecule has 2 aliphatic heterocycles. The van der Waals surface area contributed by atoms with Crippen molar-refractivity contribution in [2.75, 3.05) is 5.32 Å². The number of rotatable bonds is 12. The van der Waals surface area contributed by atoms with Crippen molar-refractivity contribution in [2.45, 2.75) is 54.9 Å². The van der Waals surface area contributed by atoms with E-state index in [1.807, 2.05) is 12.1 Å². The van der Waals surface area contributed by atoms with E-state index in [0.717, 1.165) is 46.9 Å². The second-order valence-corrected chi connectivity index (χ2v) is 14.1. The second-order valence-electron chi connectivity index (χ2n) is 10.1. The molecule has 2 heterocycles. The summed E-state index contributed by atoms with van der Waals surface area (Å²) in [4.78, 5) is 14.6. The predicted octanol–water partition coefficient (Wildman–Crippen LogP) is 6.01. The number of nitrogens with one attached hydrogen (secondary N) is 1. The topological polar surface area (TPSA) is 126 Å². The molecule has 3 atom stereocenters. The Labute approximate surface area is 256 Å². The fourth-order valence-corrected chi connectivity index (χ4v) is 7.78. The molecule has 8 nitrogen and oxygen atoms in total. The van der Waals surface area contributed by atoms with Crippen molar-refractivity contribution in [3.05, 3.63) is 88.9 Å². The van der Waals surface area contributed by atoms with Crippen LogP contribution in [0.2, 0.25) is 10.3 Å². The Morgan fingerprint density at radius 3 is 2.36 bits per heavy atom. The van der Waals surface area contributed by atoms with Crippen LogP contribution in [0.15, 0.2) is 72.8 Å². The van der Waals surface area contributed by atoms with Crippen LogP contribution in [0.3, 0.4) is 0 Å². The van der Waals surface area contributed by atoms with Gasteiger partial charge in [0.05, 0.1) is 6.10 Å². The maximum absolute atomic E-state index is 13.4. The first-order chi connectivity index (χ1) is 20.2. The van der Waals surface area contributed by atoms with E-state index in [1.54, 1.807) is 48.5 Å². The van der Waals surface area contributed by atoms with E-state index in [9.17, 15) is 18.3 Å². The molecular weight excluding hydrogens is 643 g/mol. The van der Waals surface area contributed by atoms with Gasteiger partial charge in [0.25, 0.3) is 0 Å². The van der Waals surface area contributed by atoms with Crippen molar-refractivity contribution in [3.8, 4) is 16.5 Å². The van der Waals surface area contributed by atoms with Crippen LogP contribution in [0.4, 0.5) is 5.69 Å². The number of fused-ring (bicyclic) bond motifs is 2. The molecule has 42 heavy (non-hydrogen) atoms. The maximum atomic E-state index is 13.4. The molecule has 0 spiro atoms. The summed E-state index contributed by atoms with van der Waals surface area (Å²) in [5, 5.41) is 21.9. The molecule has 0 aliphatic carbocycles. The average molecular weight is 672 g/mol. The van der Waals surface area contributed by atoms with Gasteiger partial charge in [0.15, 0.2) is 0 Å². The Hall–Kier alpha value is -3.32. The number of unbranched alkanes of at least 4 members (excludes halogenated alkanes) is 2. The molecule has 1 amide bonds. The summed E-state index contributed by atoms with van der Waals surface area (Å²) < 4.78 is 38.6. The zero-order valence-electron chi connectivity index (χ0n) is 22.5. The molecular formula is C31H29ClN2O6SSe. The molecule has 11 heteroatoms. The molecule has 1 fully saturated rings. The quantitative estimate of drug-likeness (QED) is 0.137. The zero-order valence-corrected chi connectivity index (χ0v) is 25.8. The Morgan fingerprint density at radius 2 is 1.67 bits per heavy atom. The van der Waals surface area contributed by atoms with E-state index in [0.29, 0.717) is 17.1 Å². The average Bonchev–Trinajstić information content (AvgIpc) is 3.57. The van der Waals surface area contributed by atoms with E-state index in [4.69, 9.17) is 25.8 Å². The number of carbonyl (C=O) groups excluding carboxylic acids is 1. The first kappa shape index (κ1) is 30.1. The van der Waals surface area contributed by atoms with Gasteiger partial charge in [0.1, 0.15) is 22.9 Å². The van der Waals surface area contributed by atoms with Gasteiger partial charge >= 0.3 is 123 Å². The summed E-state index contributed by atoms with van der Waals surface area (Å²) in [6.07, 6.45) is 2.03. The third kappa shape index (κ3) is 7.00. The number of amides is 1. The Kier molecular flexibility index (Phi) is 9.56. The molecule has 2 aliphatic rings. The van der Waals surface area contributed by atoms with Crippen LogP contribution in [0.1, 0.15) is 43.2 Å². The van der Waals surface area contributed by atoms with Crippen LogP contribution >= 0.6 is 11.6 Å². The van der Waals surface area contributed by atoms with Gasteiger partial charge in [-0.15, -0.1) is 0 Å². The van der Waals surface area contributed by atoms with Gasteiger partial charge in [-0.05, 0) is 47.5 Å². The molecule has 2 bridgehead atoms. The number of hydrogen-bond acceptors (Lipinski definition) is 7.